The topological polar surface area (TPSA) is 18.5 Å². The lowest BCUT2D eigenvalue weighted by atomic mass is 10.2. The van der Waals surface area contributed by atoms with Gasteiger partial charge < -0.3 is 9.47 Å². The Morgan fingerprint density at radius 3 is 1.36 bits per heavy atom. The molecule has 0 spiro atoms. The van der Waals surface area contributed by atoms with Crippen molar-refractivity contribution < 1.29 is 30.7 Å². The fourth-order valence-electron chi connectivity index (χ4n) is 3.13. The summed E-state index contributed by atoms with van der Waals surface area (Å²) in [4.78, 5) is 0. The highest BCUT2D eigenvalue weighted by atomic mass is 127. The van der Waals surface area contributed by atoms with E-state index in [4.69, 9.17) is 9.47 Å². The van der Waals surface area contributed by atoms with Crippen LogP contribution < -0.4 is 30.7 Å². The van der Waals surface area contributed by atoms with E-state index in [1.54, 1.807) is 0 Å². The third-order valence-corrected chi connectivity index (χ3v) is 10.1. The largest absolute Gasteiger partial charge is 0.489 e. The van der Waals surface area contributed by atoms with Gasteiger partial charge in [-0.15, -0.1) is 0 Å². The minimum absolute atomic E-state index is 0.352. The van der Waals surface area contributed by atoms with Crippen molar-refractivity contribution in [2.24, 2.45) is 0 Å². The van der Waals surface area contributed by atoms with E-state index in [1.165, 1.54) is 36.5 Å². The van der Waals surface area contributed by atoms with E-state index in [2.05, 4.69) is 144 Å². The van der Waals surface area contributed by atoms with Crippen LogP contribution in [0.5, 0.6) is 11.5 Å². The Bertz CT molecular complexity index is 1120. The lowest BCUT2D eigenvalue weighted by Crippen LogP contribution is -3.62. The number of halogens is 3. The van der Waals surface area contributed by atoms with Crippen LogP contribution in [0.1, 0.15) is 22.3 Å². The normalized spacial score (nSPS) is 10.8. The third-order valence-electron chi connectivity index (χ3n) is 5.13. The fourth-order valence-corrected chi connectivity index (χ4v) is 6.62. The Morgan fingerprint density at radius 2 is 0.970 bits per heavy atom. The Hall–Kier alpha value is -1.33. The van der Waals surface area contributed by atoms with Gasteiger partial charge in [0.1, 0.15) is 24.7 Å². The summed E-state index contributed by atoms with van der Waals surface area (Å²) in [6, 6.07) is 29.9. The second-order valence-corrected chi connectivity index (χ2v) is 13.1. The van der Waals surface area contributed by atoms with Crippen LogP contribution in [0.15, 0.2) is 84.9 Å². The summed E-state index contributed by atoms with van der Waals surface area (Å²) in [5, 5.41) is 0. The first-order valence-electron chi connectivity index (χ1n) is 10.6. The van der Waals surface area contributed by atoms with Gasteiger partial charge in [0.05, 0.1) is 0 Å². The second kappa shape index (κ2) is 11.9. The molecule has 0 bridgehead atoms. The molecule has 0 fully saturated rings. The number of hydrogen-bond acceptors (Lipinski definition) is 2. The molecule has 33 heavy (non-hydrogen) atoms. The number of hydrogen-bond donors (Lipinski definition) is 0. The van der Waals surface area contributed by atoms with Crippen LogP contribution in [0.3, 0.4) is 0 Å². The molecule has 0 saturated heterocycles. The summed E-state index contributed by atoms with van der Waals surface area (Å²) in [5.41, 5.74) is 4.99. The quantitative estimate of drug-likeness (QED) is 0.240. The molecule has 0 aliphatic rings. The van der Waals surface area contributed by atoms with E-state index in [1.807, 2.05) is 0 Å². The van der Waals surface area contributed by atoms with Gasteiger partial charge in [0.2, 0.25) is 7.14 Å². The Balaban J connectivity index is 1.44. The van der Waals surface area contributed by atoms with Gasteiger partial charge in [0, 0.05) is 30.4 Å². The highest BCUT2D eigenvalue weighted by molar-refractivity contribution is 14.1. The Labute approximate surface area is 233 Å². The second-order valence-electron chi connectivity index (χ2n) is 7.75. The van der Waals surface area contributed by atoms with Crippen molar-refractivity contribution in [1.29, 1.82) is 0 Å². The highest BCUT2D eigenvalue weighted by Crippen LogP contribution is 2.17. The van der Waals surface area contributed by atoms with Gasteiger partial charge in [-0.05, 0) is 107 Å². The molecule has 0 saturated carbocycles. The van der Waals surface area contributed by atoms with Gasteiger partial charge in [-0.25, -0.2) is 0 Å². The standard InChI is InChI=1S/C28H24I3O2/c1-19-3-13-25(32-17-21-5-9-23(29)10-6-21)15-27(19)31-28-16-26(14-4-20(28)2)33-18-22-7-11-24(30)12-8-22/h3-16H,17-18H2,1-2H3/q+1. The van der Waals surface area contributed by atoms with Gasteiger partial charge in [-0.3, -0.25) is 0 Å². The number of aryl methyl sites for hydroxylation is 2. The molecule has 5 heteroatoms. The average molecular weight is 773 g/mol. The van der Waals surface area contributed by atoms with Crippen molar-refractivity contribution in [3.05, 3.63) is 121 Å². The molecular formula is C28H24I3O2+. The fraction of sp³-hybridized carbons (Fsp3) is 0.143. The van der Waals surface area contributed by atoms with Crippen molar-refractivity contribution in [1.82, 2.24) is 0 Å². The van der Waals surface area contributed by atoms with Crippen molar-refractivity contribution >= 4 is 45.2 Å². The molecule has 0 heterocycles. The van der Waals surface area contributed by atoms with Crippen LogP contribution in [0.2, 0.25) is 0 Å². The molecule has 0 amide bonds. The van der Waals surface area contributed by atoms with E-state index in [0.29, 0.717) is 13.2 Å². The van der Waals surface area contributed by atoms with E-state index in [9.17, 15) is 0 Å². The van der Waals surface area contributed by atoms with Gasteiger partial charge in [0.15, 0.2) is 0 Å². The number of ether oxygens (including phenoxy) is 2. The highest BCUT2D eigenvalue weighted by Gasteiger charge is 2.22. The first-order valence-corrected chi connectivity index (χ1v) is 14.9. The van der Waals surface area contributed by atoms with Crippen LogP contribution in [0.4, 0.5) is 0 Å². The van der Waals surface area contributed by atoms with Gasteiger partial charge in [0.25, 0.3) is 0 Å². The molecule has 2 nitrogen and oxygen atoms in total. The van der Waals surface area contributed by atoms with Crippen molar-refractivity contribution in [3.63, 3.8) is 0 Å². The summed E-state index contributed by atoms with van der Waals surface area (Å²) >= 11 is 4.29. The molecule has 4 aromatic carbocycles. The maximum atomic E-state index is 6.11. The smallest absolute Gasteiger partial charge is 0.358 e. The molecule has 0 aliphatic carbocycles. The summed E-state index contributed by atoms with van der Waals surface area (Å²) in [6.07, 6.45) is 0. The van der Waals surface area contributed by atoms with Crippen LogP contribution >= 0.6 is 45.2 Å². The Kier molecular flexibility index (Phi) is 8.92. The zero-order chi connectivity index (χ0) is 23.2. The molecule has 0 N–H and O–H groups in total. The lowest BCUT2D eigenvalue weighted by Gasteiger charge is -2.08. The van der Waals surface area contributed by atoms with E-state index in [0.717, 1.165) is 11.5 Å². The zero-order valence-electron chi connectivity index (χ0n) is 18.4. The van der Waals surface area contributed by atoms with E-state index in [-0.39, 0.29) is 21.2 Å². The molecule has 0 aromatic heterocycles. The van der Waals surface area contributed by atoms with Crippen molar-refractivity contribution in [2.75, 3.05) is 0 Å². The van der Waals surface area contributed by atoms with Gasteiger partial charge >= 0.3 is 21.2 Å². The molecule has 0 atom stereocenters. The van der Waals surface area contributed by atoms with Crippen molar-refractivity contribution in [3.8, 4) is 11.5 Å². The molecule has 168 valence electrons. The maximum absolute atomic E-state index is 6.11. The third kappa shape index (κ3) is 7.32. The minimum Gasteiger partial charge on any atom is -0.489 e. The molecule has 4 aromatic rings. The average Bonchev–Trinajstić information content (AvgIpc) is 2.82. The summed E-state index contributed by atoms with van der Waals surface area (Å²) in [6.45, 7) is 5.53. The Morgan fingerprint density at radius 1 is 0.576 bits per heavy atom. The predicted octanol–water partition coefficient (Wildman–Crippen LogP) is 4.80. The summed E-state index contributed by atoms with van der Waals surface area (Å²) in [5.74, 6) is 1.86. The lowest BCUT2D eigenvalue weighted by molar-refractivity contribution is -0.598. The minimum atomic E-state index is -0.352. The van der Waals surface area contributed by atoms with E-state index < -0.39 is 0 Å². The molecular weight excluding hydrogens is 749 g/mol. The zero-order valence-corrected chi connectivity index (χ0v) is 24.9. The monoisotopic (exact) mass is 773 g/mol. The summed E-state index contributed by atoms with van der Waals surface area (Å²) < 4.78 is 17.4. The van der Waals surface area contributed by atoms with Crippen molar-refractivity contribution in [2.45, 2.75) is 27.1 Å². The van der Waals surface area contributed by atoms with Crippen LogP contribution in [0, 0.1) is 28.1 Å². The van der Waals surface area contributed by atoms with Crippen LogP contribution in [-0.4, -0.2) is 0 Å². The van der Waals surface area contributed by atoms with Gasteiger partial charge in [-0.2, -0.15) is 0 Å². The number of rotatable bonds is 8. The first-order chi connectivity index (χ1) is 16.0. The molecule has 4 rings (SSSR count). The number of benzene rings is 4. The first kappa shape index (κ1) is 24.8. The molecule has 0 unspecified atom stereocenters. The van der Waals surface area contributed by atoms with Gasteiger partial charge in [-0.1, -0.05) is 36.4 Å². The molecule has 0 aliphatic heterocycles. The van der Waals surface area contributed by atoms with Crippen LogP contribution in [-0.2, 0) is 13.2 Å². The van der Waals surface area contributed by atoms with E-state index >= 15 is 0 Å². The SMILES string of the molecule is Cc1ccc(OCc2ccc(I)cc2)cc1[I+]c1cc(OCc2ccc(I)cc2)ccc1C. The predicted molar refractivity (Wildman–Crippen MR) is 147 cm³/mol. The molecule has 0 radical (unpaired) electrons. The summed E-state index contributed by atoms with van der Waals surface area (Å²) in [7, 11) is 0. The maximum Gasteiger partial charge on any atom is 0.358 e. The van der Waals surface area contributed by atoms with Crippen LogP contribution in [0.25, 0.3) is 0 Å².